The minimum Gasteiger partial charge on any atom is -0.497 e. The third-order valence-electron chi connectivity index (χ3n) is 4.67. The Kier molecular flexibility index (Phi) is 5.18. The standard InChI is InChI=1S/C19H25N3O2/c1-14-13-21-18(22(14)16-6-4-7-16)9-10-20-19(23)12-15-5-3-8-17(11-15)24-2/h3,5,8,11,13,16H,4,6-7,9-10,12H2,1-2H3,(H,20,23). The lowest BCUT2D eigenvalue weighted by Gasteiger charge is -2.29. The van der Waals surface area contributed by atoms with Crippen molar-refractivity contribution >= 4 is 5.91 Å². The fraction of sp³-hybridized carbons (Fsp3) is 0.474. The monoisotopic (exact) mass is 327 g/mol. The van der Waals surface area contributed by atoms with Gasteiger partial charge in [-0.25, -0.2) is 4.98 Å². The third kappa shape index (κ3) is 3.78. The number of nitrogens with one attached hydrogen (secondary N) is 1. The number of hydrogen-bond acceptors (Lipinski definition) is 3. The second kappa shape index (κ2) is 7.51. The molecule has 0 aliphatic heterocycles. The Bertz CT molecular complexity index is 704. The van der Waals surface area contributed by atoms with Crippen LogP contribution >= 0.6 is 0 Å². The summed E-state index contributed by atoms with van der Waals surface area (Å²) in [5.74, 6) is 1.89. The SMILES string of the molecule is COc1cccc(CC(=O)NCCc2ncc(C)n2C2CCC2)c1. The number of rotatable bonds is 7. The molecule has 5 heteroatoms. The van der Waals surface area contributed by atoms with Crippen LogP contribution in [-0.4, -0.2) is 29.1 Å². The molecule has 128 valence electrons. The van der Waals surface area contributed by atoms with E-state index in [-0.39, 0.29) is 5.91 Å². The van der Waals surface area contributed by atoms with E-state index in [0.717, 1.165) is 23.6 Å². The predicted molar refractivity (Wildman–Crippen MR) is 93.3 cm³/mol. The van der Waals surface area contributed by atoms with Gasteiger partial charge in [-0.15, -0.1) is 0 Å². The van der Waals surface area contributed by atoms with E-state index in [2.05, 4.69) is 21.8 Å². The second-order valence-corrected chi connectivity index (χ2v) is 6.40. The summed E-state index contributed by atoms with van der Waals surface area (Å²) in [7, 11) is 1.63. The van der Waals surface area contributed by atoms with Gasteiger partial charge in [0.1, 0.15) is 11.6 Å². The van der Waals surface area contributed by atoms with E-state index in [4.69, 9.17) is 4.74 Å². The number of carbonyl (C=O) groups is 1. The number of aryl methyl sites for hydroxylation is 1. The van der Waals surface area contributed by atoms with E-state index in [1.54, 1.807) is 7.11 Å². The molecule has 5 nitrogen and oxygen atoms in total. The van der Waals surface area contributed by atoms with Crippen LogP contribution in [-0.2, 0) is 17.6 Å². The number of imidazole rings is 1. The fourth-order valence-corrected chi connectivity index (χ4v) is 3.17. The molecule has 1 aromatic heterocycles. The summed E-state index contributed by atoms with van der Waals surface area (Å²) in [6.45, 7) is 2.72. The zero-order chi connectivity index (χ0) is 16.9. The Morgan fingerprint density at radius 3 is 2.96 bits per heavy atom. The van der Waals surface area contributed by atoms with Gasteiger partial charge < -0.3 is 14.6 Å². The van der Waals surface area contributed by atoms with Crippen LogP contribution < -0.4 is 10.1 Å². The van der Waals surface area contributed by atoms with Crippen molar-refractivity contribution in [2.75, 3.05) is 13.7 Å². The van der Waals surface area contributed by atoms with Crippen molar-refractivity contribution < 1.29 is 9.53 Å². The van der Waals surface area contributed by atoms with Crippen LogP contribution in [0.2, 0.25) is 0 Å². The molecule has 0 spiro atoms. The van der Waals surface area contributed by atoms with Crippen molar-refractivity contribution in [2.45, 2.75) is 45.1 Å². The summed E-state index contributed by atoms with van der Waals surface area (Å²) < 4.78 is 7.53. The van der Waals surface area contributed by atoms with E-state index in [0.29, 0.717) is 19.0 Å². The van der Waals surface area contributed by atoms with Crippen molar-refractivity contribution in [1.29, 1.82) is 0 Å². The van der Waals surface area contributed by atoms with Crippen LogP contribution in [0.5, 0.6) is 5.75 Å². The lowest BCUT2D eigenvalue weighted by atomic mass is 9.92. The van der Waals surface area contributed by atoms with Gasteiger partial charge in [-0.3, -0.25) is 4.79 Å². The number of carbonyl (C=O) groups excluding carboxylic acids is 1. The molecule has 1 N–H and O–H groups in total. The van der Waals surface area contributed by atoms with Crippen LogP contribution in [0.25, 0.3) is 0 Å². The van der Waals surface area contributed by atoms with Crippen molar-refractivity contribution in [3.8, 4) is 5.75 Å². The summed E-state index contributed by atoms with van der Waals surface area (Å²) >= 11 is 0. The molecule has 1 aliphatic carbocycles. The minimum absolute atomic E-state index is 0.0294. The first-order valence-electron chi connectivity index (χ1n) is 8.59. The summed E-state index contributed by atoms with van der Waals surface area (Å²) in [6.07, 6.45) is 6.87. The van der Waals surface area contributed by atoms with Crippen LogP contribution in [0.4, 0.5) is 0 Å². The first-order valence-corrected chi connectivity index (χ1v) is 8.59. The highest BCUT2D eigenvalue weighted by molar-refractivity contribution is 5.78. The maximum Gasteiger partial charge on any atom is 0.224 e. The molecule has 1 aromatic carbocycles. The minimum atomic E-state index is 0.0294. The zero-order valence-corrected chi connectivity index (χ0v) is 14.4. The number of methoxy groups -OCH3 is 1. The van der Waals surface area contributed by atoms with E-state index in [1.165, 1.54) is 25.0 Å². The molecule has 0 bridgehead atoms. The Morgan fingerprint density at radius 2 is 2.25 bits per heavy atom. The Morgan fingerprint density at radius 1 is 1.42 bits per heavy atom. The molecule has 2 aromatic rings. The van der Waals surface area contributed by atoms with Crippen LogP contribution in [0, 0.1) is 6.92 Å². The van der Waals surface area contributed by atoms with Gasteiger partial charge in [0.25, 0.3) is 0 Å². The number of nitrogens with zero attached hydrogens (tertiary/aromatic N) is 2. The van der Waals surface area contributed by atoms with Crippen LogP contribution in [0.1, 0.15) is 42.4 Å². The quantitative estimate of drug-likeness (QED) is 0.851. The lowest BCUT2D eigenvalue weighted by molar-refractivity contribution is -0.120. The molecule has 1 fully saturated rings. The lowest BCUT2D eigenvalue weighted by Crippen LogP contribution is -2.29. The molecule has 0 radical (unpaired) electrons. The summed E-state index contributed by atoms with van der Waals surface area (Å²) in [5, 5.41) is 3.00. The Labute approximate surface area is 143 Å². The maximum atomic E-state index is 12.1. The molecular formula is C19H25N3O2. The predicted octanol–water partition coefficient (Wildman–Crippen LogP) is 2.83. The average molecular weight is 327 g/mol. The van der Waals surface area contributed by atoms with Crippen molar-refractivity contribution in [1.82, 2.24) is 14.9 Å². The van der Waals surface area contributed by atoms with Gasteiger partial charge in [0, 0.05) is 30.9 Å². The molecular weight excluding hydrogens is 302 g/mol. The van der Waals surface area contributed by atoms with Gasteiger partial charge in [-0.05, 0) is 43.9 Å². The highest BCUT2D eigenvalue weighted by atomic mass is 16.5. The molecule has 24 heavy (non-hydrogen) atoms. The first-order chi connectivity index (χ1) is 11.7. The third-order valence-corrected chi connectivity index (χ3v) is 4.67. The number of hydrogen-bond donors (Lipinski definition) is 1. The molecule has 0 unspecified atom stereocenters. The van der Waals surface area contributed by atoms with Gasteiger partial charge in [0.05, 0.1) is 13.5 Å². The van der Waals surface area contributed by atoms with Crippen LogP contribution in [0.15, 0.2) is 30.5 Å². The topological polar surface area (TPSA) is 56.1 Å². The van der Waals surface area contributed by atoms with Gasteiger partial charge in [0.15, 0.2) is 0 Å². The number of amides is 1. The number of ether oxygens (including phenoxy) is 1. The van der Waals surface area contributed by atoms with Crippen molar-refractivity contribution in [3.63, 3.8) is 0 Å². The molecule has 0 atom stereocenters. The summed E-state index contributed by atoms with van der Waals surface area (Å²) in [5.41, 5.74) is 2.18. The first kappa shape index (κ1) is 16.6. The van der Waals surface area contributed by atoms with E-state index < -0.39 is 0 Å². The van der Waals surface area contributed by atoms with Gasteiger partial charge >= 0.3 is 0 Å². The Balaban J connectivity index is 1.50. The van der Waals surface area contributed by atoms with Crippen LogP contribution in [0.3, 0.4) is 0 Å². The highest BCUT2D eigenvalue weighted by Crippen LogP contribution is 2.33. The van der Waals surface area contributed by atoms with Gasteiger partial charge in [0.2, 0.25) is 5.91 Å². The second-order valence-electron chi connectivity index (χ2n) is 6.40. The summed E-state index contributed by atoms with van der Waals surface area (Å²) in [6, 6.07) is 8.22. The number of aromatic nitrogens is 2. The molecule has 1 saturated carbocycles. The molecule has 1 heterocycles. The smallest absolute Gasteiger partial charge is 0.224 e. The zero-order valence-electron chi connectivity index (χ0n) is 14.4. The maximum absolute atomic E-state index is 12.1. The van der Waals surface area contributed by atoms with E-state index >= 15 is 0 Å². The molecule has 1 amide bonds. The van der Waals surface area contributed by atoms with E-state index in [9.17, 15) is 4.79 Å². The normalized spacial score (nSPS) is 14.2. The van der Waals surface area contributed by atoms with E-state index in [1.807, 2.05) is 30.5 Å². The number of benzene rings is 1. The molecule has 1 aliphatic rings. The van der Waals surface area contributed by atoms with Gasteiger partial charge in [-0.2, -0.15) is 0 Å². The Hall–Kier alpha value is -2.30. The van der Waals surface area contributed by atoms with Gasteiger partial charge in [-0.1, -0.05) is 12.1 Å². The molecule has 3 rings (SSSR count). The summed E-state index contributed by atoms with van der Waals surface area (Å²) in [4.78, 5) is 16.6. The highest BCUT2D eigenvalue weighted by Gasteiger charge is 2.23. The fourth-order valence-electron chi connectivity index (χ4n) is 3.17. The van der Waals surface area contributed by atoms with Crippen molar-refractivity contribution in [2.24, 2.45) is 0 Å². The van der Waals surface area contributed by atoms with Crippen molar-refractivity contribution in [3.05, 3.63) is 47.5 Å². The average Bonchev–Trinajstić information content (AvgIpc) is 2.87. The largest absolute Gasteiger partial charge is 0.497 e. The molecule has 0 saturated heterocycles.